The Morgan fingerprint density at radius 1 is 1.15 bits per heavy atom. The average Bonchev–Trinajstić information content (AvgIpc) is 2.83. The third kappa shape index (κ3) is 6.28. The summed E-state index contributed by atoms with van der Waals surface area (Å²) >= 11 is 6.53. The summed E-state index contributed by atoms with van der Waals surface area (Å²) in [6, 6.07) is 11.1. The molecular weight excluding hydrogens is 464 g/mol. The second-order valence-electron chi connectivity index (χ2n) is 7.83. The number of amides is 1. The summed E-state index contributed by atoms with van der Waals surface area (Å²) in [5.41, 5.74) is 2.56. The van der Waals surface area contributed by atoms with Gasteiger partial charge in [0.1, 0.15) is 11.5 Å². The quantitative estimate of drug-likeness (QED) is 0.571. The van der Waals surface area contributed by atoms with Crippen molar-refractivity contribution in [2.75, 3.05) is 27.3 Å². The van der Waals surface area contributed by atoms with Crippen LogP contribution in [-0.4, -0.2) is 52.6 Å². The molecule has 1 N–H and O–H groups in total. The smallest absolute Gasteiger partial charge is 0.233 e. The molecule has 1 fully saturated rings. The number of carbonyl (C=O) groups is 1. The van der Waals surface area contributed by atoms with Gasteiger partial charge in [0.15, 0.2) is 0 Å². The molecular formula is C24H29ClN2O5S. The maximum absolute atomic E-state index is 12.8. The van der Waals surface area contributed by atoms with Crippen LogP contribution in [0.3, 0.4) is 0 Å². The van der Waals surface area contributed by atoms with Crippen molar-refractivity contribution in [3.63, 3.8) is 0 Å². The minimum Gasteiger partial charge on any atom is -0.496 e. The molecule has 0 aromatic heterocycles. The molecule has 1 heterocycles. The number of para-hydroxylation sites is 1. The zero-order chi connectivity index (χ0) is 24.0. The van der Waals surface area contributed by atoms with Crippen LogP contribution in [0.1, 0.15) is 24.8 Å². The van der Waals surface area contributed by atoms with Crippen molar-refractivity contribution in [1.82, 2.24) is 9.62 Å². The van der Waals surface area contributed by atoms with Crippen molar-refractivity contribution in [1.29, 1.82) is 0 Å². The van der Waals surface area contributed by atoms with Crippen LogP contribution < -0.4 is 14.2 Å². The van der Waals surface area contributed by atoms with Crippen LogP contribution >= 0.6 is 11.6 Å². The standard InChI is InChI=1S/C24H29ClN2O5S/c1-4-33(29,30)26-18-11-13-27(14-12-18)24(28)10-9-17-15-20(21(25)16-23(17)32-3)19-7-5-6-8-22(19)31-2/h4-8,15-16,18,26H,1,9-14H2,2-3H3. The number of ether oxygens (including phenoxy) is 2. The van der Waals surface area contributed by atoms with Gasteiger partial charge in [-0.1, -0.05) is 36.4 Å². The van der Waals surface area contributed by atoms with Gasteiger partial charge in [-0.25, -0.2) is 13.1 Å². The average molecular weight is 493 g/mol. The minimum absolute atomic E-state index is 0.0240. The summed E-state index contributed by atoms with van der Waals surface area (Å²) in [6.45, 7) is 4.32. The third-order valence-electron chi connectivity index (χ3n) is 5.77. The fourth-order valence-corrected chi connectivity index (χ4v) is 5.04. The fourth-order valence-electron chi connectivity index (χ4n) is 3.99. The molecule has 1 aliphatic rings. The number of nitrogens with zero attached hydrogens (tertiary/aromatic N) is 1. The number of piperidine rings is 1. The van der Waals surface area contributed by atoms with Crippen molar-refractivity contribution in [2.24, 2.45) is 0 Å². The molecule has 1 saturated heterocycles. The Morgan fingerprint density at radius 3 is 2.45 bits per heavy atom. The molecule has 1 amide bonds. The van der Waals surface area contributed by atoms with Gasteiger partial charge in [0.25, 0.3) is 0 Å². The zero-order valence-corrected chi connectivity index (χ0v) is 20.4. The second kappa shape index (κ2) is 11.0. The first-order chi connectivity index (χ1) is 15.8. The molecule has 33 heavy (non-hydrogen) atoms. The molecule has 0 aliphatic carbocycles. The number of nitrogens with one attached hydrogen (secondary N) is 1. The number of aryl methyl sites for hydroxylation is 1. The molecule has 2 aromatic carbocycles. The van der Waals surface area contributed by atoms with Gasteiger partial charge >= 0.3 is 0 Å². The summed E-state index contributed by atoms with van der Waals surface area (Å²) in [7, 11) is -0.279. The number of hydrogen-bond acceptors (Lipinski definition) is 5. The molecule has 3 rings (SSSR count). The van der Waals surface area contributed by atoms with Crippen molar-refractivity contribution < 1.29 is 22.7 Å². The molecule has 0 bridgehead atoms. The predicted molar refractivity (Wildman–Crippen MR) is 130 cm³/mol. The lowest BCUT2D eigenvalue weighted by atomic mass is 9.98. The molecule has 0 saturated carbocycles. The molecule has 2 aromatic rings. The number of methoxy groups -OCH3 is 2. The number of sulfonamides is 1. The van der Waals surface area contributed by atoms with E-state index in [2.05, 4.69) is 11.3 Å². The number of benzene rings is 2. The van der Waals surface area contributed by atoms with Crippen molar-refractivity contribution in [3.8, 4) is 22.6 Å². The molecule has 7 nitrogen and oxygen atoms in total. The third-order valence-corrected chi connectivity index (χ3v) is 7.19. The maximum atomic E-state index is 12.8. The topological polar surface area (TPSA) is 84.9 Å². The molecule has 0 spiro atoms. The van der Waals surface area contributed by atoms with Crippen LogP contribution in [0.15, 0.2) is 48.4 Å². The Labute approximate surface area is 200 Å². The van der Waals surface area contributed by atoms with Gasteiger partial charge in [-0.2, -0.15) is 0 Å². The summed E-state index contributed by atoms with van der Waals surface area (Å²) in [4.78, 5) is 14.6. The first kappa shape index (κ1) is 25.1. The first-order valence-corrected chi connectivity index (χ1v) is 12.6. The van der Waals surface area contributed by atoms with Crippen LogP contribution in [0.25, 0.3) is 11.1 Å². The summed E-state index contributed by atoms with van der Waals surface area (Å²) in [5, 5.41) is 1.44. The van der Waals surface area contributed by atoms with E-state index in [0.717, 1.165) is 22.1 Å². The van der Waals surface area contributed by atoms with Gasteiger partial charge in [0.2, 0.25) is 15.9 Å². The van der Waals surface area contributed by atoms with E-state index in [1.165, 1.54) is 0 Å². The molecule has 0 radical (unpaired) electrons. The van der Waals surface area contributed by atoms with Gasteiger partial charge < -0.3 is 14.4 Å². The molecule has 0 unspecified atom stereocenters. The number of carbonyl (C=O) groups excluding carboxylic acids is 1. The van der Waals surface area contributed by atoms with E-state index in [0.29, 0.717) is 55.3 Å². The van der Waals surface area contributed by atoms with E-state index >= 15 is 0 Å². The molecule has 1 aliphatic heterocycles. The number of hydrogen-bond donors (Lipinski definition) is 1. The van der Waals surface area contributed by atoms with Crippen LogP contribution in [0.4, 0.5) is 0 Å². The Bertz CT molecular complexity index is 1110. The molecule has 0 atom stereocenters. The monoisotopic (exact) mass is 492 g/mol. The normalized spacial score (nSPS) is 14.7. The van der Waals surface area contributed by atoms with Crippen LogP contribution in [0, 0.1) is 0 Å². The highest BCUT2D eigenvalue weighted by atomic mass is 35.5. The summed E-state index contributed by atoms with van der Waals surface area (Å²) < 4.78 is 36.9. The lowest BCUT2D eigenvalue weighted by Gasteiger charge is -2.32. The van der Waals surface area contributed by atoms with Gasteiger partial charge in [0, 0.05) is 42.1 Å². The second-order valence-corrected chi connectivity index (χ2v) is 9.90. The van der Waals surface area contributed by atoms with Crippen molar-refractivity contribution in [3.05, 3.63) is 59.0 Å². The van der Waals surface area contributed by atoms with E-state index in [1.54, 1.807) is 25.2 Å². The van der Waals surface area contributed by atoms with Gasteiger partial charge in [-0.15, -0.1) is 0 Å². The first-order valence-electron chi connectivity index (χ1n) is 10.7. The molecule has 178 valence electrons. The van der Waals surface area contributed by atoms with Crippen LogP contribution in [0.2, 0.25) is 5.02 Å². The van der Waals surface area contributed by atoms with E-state index in [9.17, 15) is 13.2 Å². The Balaban J connectivity index is 1.68. The van der Waals surface area contributed by atoms with E-state index in [-0.39, 0.29) is 11.9 Å². The molecule has 9 heteroatoms. The predicted octanol–water partition coefficient (Wildman–Crippen LogP) is 4.01. The van der Waals surface area contributed by atoms with Crippen molar-refractivity contribution in [2.45, 2.75) is 31.7 Å². The maximum Gasteiger partial charge on any atom is 0.233 e. The largest absolute Gasteiger partial charge is 0.496 e. The highest BCUT2D eigenvalue weighted by Crippen LogP contribution is 2.38. The lowest BCUT2D eigenvalue weighted by Crippen LogP contribution is -2.46. The van der Waals surface area contributed by atoms with E-state index in [4.69, 9.17) is 21.1 Å². The fraction of sp³-hybridized carbons (Fsp3) is 0.375. The Hall–Kier alpha value is -2.55. The van der Waals surface area contributed by atoms with Crippen molar-refractivity contribution >= 4 is 27.5 Å². The Kier molecular flexibility index (Phi) is 8.40. The zero-order valence-electron chi connectivity index (χ0n) is 18.8. The van der Waals surface area contributed by atoms with Crippen LogP contribution in [0.5, 0.6) is 11.5 Å². The van der Waals surface area contributed by atoms with Crippen LogP contribution in [-0.2, 0) is 21.2 Å². The highest BCUT2D eigenvalue weighted by Gasteiger charge is 2.25. The Morgan fingerprint density at radius 2 is 1.82 bits per heavy atom. The SMILES string of the molecule is C=CS(=O)(=O)NC1CCN(C(=O)CCc2cc(-c3ccccc3OC)c(Cl)cc2OC)CC1. The van der Waals surface area contributed by atoms with E-state index in [1.807, 2.05) is 30.3 Å². The minimum atomic E-state index is -3.47. The lowest BCUT2D eigenvalue weighted by molar-refractivity contribution is -0.132. The van der Waals surface area contributed by atoms with E-state index < -0.39 is 10.0 Å². The summed E-state index contributed by atoms with van der Waals surface area (Å²) in [5.74, 6) is 1.36. The van der Waals surface area contributed by atoms with Gasteiger partial charge in [0.05, 0.1) is 19.2 Å². The highest BCUT2D eigenvalue weighted by molar-refractivity contribution is 7.92. The van der Waals surface area contributed by atoms with Gasteiger partial charge in [-0.3, -0.25) is 4.79 Å². The number of rotatable bonds is 9. The summed E-state index contributed by atoms with van der Waals surface area (Å²) in [6.07, 6.45) is 1.94. The number of halogens is 1. The number of likely N-dealkylation sites (tertiary alicyclic amines) is 1. The van der Waals surface area contributed by atoms with Gasteiger partial charge in [-0.05, 0) is 43.0 Å².